The van der Waals surface area contributed by atoms with Gasteiger partial charge in [-0.25, -0.2) is 0 Å². The molecule has 3 rings (SSSR count). The van der Waals surface area contributed by atoms with Gasteiger partial charge in [-0.05, 0) is 48.9 Å². The summed E-state index contributed by atoms with van der Waals surface area (Å²) in [5.74, 6) is 1.37. The second-order valence-electron chi connectivity index (χ2n) is 6.79. The number of hydrogen-bond donors (Lipinski definition) is 2. The molecule has 0 saturated heterocycles. The predicted molar refractivity (Wildman–Crippen MR) is 128 cm³/mol. The number of amides is 2. The normalized spacial score (nSPS) is 10.6. The van der Waals surface area contributed by atoms with Crippen molar-refractivity contribution in [2.75, 3.05) is 18.2 Å². The number of halogens is 1. The van der Waals surface area contributed by atoms with Crippen LogP contribution < -0.4 is 15.4 Å². The summed E-state index contributed by atoms with van der Waals surface area (Å²) in [6, 6.07) is 14.8. The standard InChI is InChI=1S/C22H24BrN5O3S/c1-3-28-19(13-24-20(29)12-15-4-10-18(31-2)11-5-15)26-27-22(28)32-14-21(30)25-17-8-6-16(23)7-9-17/h4-11H,3,12-14H2,1-2H3,(H,24,29)(H,25,30). The highest BCUT2D eigenvalue weighted by Crippen LogP contribution is 2.19. The molecule has 168 valence electrons. The van der Waals surface area contributed by atoms with Crippen molar-refractivity contribution in [3.8, 4) is 5.75 Å². The van der Waals surface area contributed by atoms with Gasteiger partial charge >= 0.3 is 0 Å². The number of nitrogens with one attached hydrogen (secondary N) is 2. The Morgan fingerprint density at radius 1 is 1.06 bits per heavy atom. The Morgan fingerprint density at radius 2 is 1.78 bits per heavy atom. The highest BCUT2D eigenvalue weighted by atomic mass is 79.9. The first kappa shape index (κ1) is 23.8. The highest BCUT2D eigenvalue weighted by Gasteiger charge is 2.14. The minimum atomic E-state index is -0.127. The van der Waals surface area contributed by atoms with E-state index in [0.29, 0.717) is 17.5 Å². The molecule has 3 aromatic rings. The van der Waals surface area contributed by atoms with E-state index in [1.165, 1.54) is 11.8 Å². The lowest BCUT2D eigenvalue weighted by atomic mass is 10.1. The lowest BCUT2D eigenvalue weighted by Crippen LogP contribution is -2.26. The summed E-state index contributed by atoms with van der Waals surface area (Å²) in [4.78, 5) is 24.5. The minimum Gasteiger partial charge on any atom is -0.497 e. The van der Waals surface area contributed by atoms with E-state index in [1.54, 1.807) is 7.11 Å². The molecule has 0 unspecified atom stereocenters. The van der Waals surface area contributed by atoms with Crippen molar-refractivity contribution < 1.29 is 14.3 Å². The molecule has 0 radical (unpaired) electrons. The maximum absolute atomic E-state index is 12.3. The van der Waals surface area contributed by atoms with Crippen molar-refractivity contribution in [2.24, 2.45) is 0 Å². The molecule has 0 aliphatic heterocycles. The summed E-state index contributed by atoms with van der Waals surface area (Å²) >= 11 is 4.68. The fourth-order valence-corrected chi connectivity index (χ4v) is 3.99. The first-order valence-corrected chi connectivity index (χ1v) is 11.8. The molecular weight excluding hydrogens is 494 g/mol. The molecule has 0 aliphatic carbocycles. The first-order chi connectivity index (χ1) is 15.5. The van der Waals surface area contributed by atoms with Crippen LogP contribution in [0.3, 0.4) is 0 Å². The summed E-state index contributed by atoms with van der Waals surface area (Å²) in [5.41, 5.74) is 1.63. The molecule has 2 amide bonds. The maximum Gasteiger partial charge on any atom is 0.234 e. The van der Waals surface area contributed by atoms with Crippen LogP contribution in [-0.2, 0) is 29.1 Å². The van der Waals surface area contributed by atoms with Crippen LogP contribution in [0.15, 0.2) is 58.2 Å². The van der Waals surface area contributed by atoms with Crippen LogP contribution >= 0.6 is 27.7 Å². The lowest BCUT2D eigenvalue weighted by Gasteiger charge is -2.09. The topological polar surface area (TPSA) is 98.1 Å². The van der Waals surface area contributed by atoms with Gasteiger partial charge in [-0.2, -0.15) is 0 Å². The number of carbonyl (C=O) groups is 2. The van der Waals surface area contributed by atoms with Crippen LogP contribution in [0.1, 0.15) is 18.3 Å². The third-order valence-electron chi connectivity index (χ3n) is 4.54. The van der Waals surface area contributed by atoms with E-state index in [4.69, 9.17) is 4.74 Å². The van der Waals surface area contributed by atoms with E-state index in [-0.39, 0.29) is 30.5 Å². The summed E-state index contributed by atoms with van der Waals surface area (Å²) in [5, 5.41) is 14.7. The molecule has 0 saturated carbocycles. The number of ether oxygens (including phenoxy) is 1. The van der Waals surface area contributed by atoms with Crippen LogP contribution in [0.4, 0.5) is 5.69 Å². The second-order valence-corrected chi connectivity index (χ2v) is 8.65. The zero-order valence-electron chi connectivity index (χ0n) is 17.8. The number of thioether (sulfide) groups is 1. The van der Waals surface area contributed by atoms with E-state index in [2.05, 4.69) is 36.8 Å². The molecule has 0 aliphatic rings. The number of anilines is 1. The maximum atomic E-state index is 12.3. The minimum absolute atomic E-state index is 0.108. The fourth-order valence-electron chi connectivity index (χ4n) is 2.90. The Balaban J connectivity index is 1.50. The average Bonchev–Trinajstić information content (AvgIpc) is 3.20. The van der Waals surface area contributed by atoms with Gasteiger partial charge in [-0.15, -0.1) is 10.2 Å². The number of nitrogens with zero attached hydrogens (tertiary/aromatic N) is 3. The van der Waals surface area contributed by atoms with Crippen molar-refractivity contribution in [3.05, 3.63) is 64.4 Å². The van der Waals surface area contributed by atoms with E-state index in [1.807, 2.05) is 60.0 Å². The van der Waals surface area contributed by atoms with Gasteiger partial charge in [0.05, 0.1) is 25.8 Å². The Kier molecular flexibility index (Phi) is 8.69. The number of methoxy groups -OCH3 is 1. The summed E-state index contributed by atoms with van der Waals surface area (Å²) in [7, 11) is 1.60. The molecule has 8 nitrogen and oxygen atoms in total. The Bertz CT molecular complexity index is 1050. The quantitative estimate of drug-likeness (QED) is 0.398. The van der Waals surface area contributed by atoms with Crippen molar-refractivity contribution in [3.63, 3.8) is 0 Å². The summed E-state index contributed by atoms with van der Waals surface area (Å²) in [6.07, 6.45) is 0.266. The van der Waals surface area contributed by atoms with Crippen LogP contribution in [0, 0.1) is 0 Å². The molecule has 0 bridgehead atoms. The Morgan fingerprint density at radius 3 is 2.44 bits per heavy atom. The third-order valence-corrected chi connectivity index (χ3v) is 6.03. The monoisotopic (exact) mass is 517 g/mol. The zero-order chi connectivity index (χ0) is 22.9. The number of aromatic nitrogens is 3. The predicted octanol–water partition coefficient (Wildman–Crippen LogP) is 3.66. The smallest absolute Gasteiger partial charge is 0.234 e. The van der Waals surface area contributed by atoms with Crippen LogP contribution in [0.2, 0.25) is 0 Å². The molecule has 32 heavy (non-hydrogen) atoms. The van der Waals surface area contributed by atoms with Gasteiger partial charge < -0.3 is 19.9 Å². The fraction of sp³-hybridized carbons (Fsp3) is 0.273. The van der Waals surface area contributed by atoms with Gasteiger partial charge in [0, 0.05) is 16.7 Å². The van der Waals surface area contributed by atoms with Crippen molar-refractivity contribution >= 4 is 45.2 Å². The molecule has 0 fully saturated rings. The Labute approximate surface area is 199 Å². The van der Waals surface area contributed by atoms with Gasteiger partial charge in [0.25, 0.3) is 0 Å². The van der Waals surface area contributed by atoms with Crippen molar-refractivity contribution in [1.29, 1.82) is 0 Å². The van der Waals surface area contributed by atoms with Crippen LogP contribution in [0.5, 0.6) is 5.75 Å². The van der Waals surface area contributed by atoms with Gasteiger partial charge in [0.2, 0.25) is 11.8 Å². The molecule has 10 heteroatoms. The molecule has 0 spiro atoms. The average molecular weight is 518 g/mol. The van der Waals surface area contributed by atoms with E-state index < -0.39 is 0 Å². The number of benzene rings is 2. The van der Waals surface area contributed by atoms with E-state index in [9.17, 15) is 9.59 Å². The largest absolute Gasteiger partial charge is 0.497 e. The zero-order valence-corrected chi connectivity index (χ0v) is 20.2. The van der Waals surface area contributed by atoms with Gasteiger partial charge in [0.1, 0.15) is 5.75 Å². The molecule has 2 N–H and O–H groups in total. The third kappa shape index (κ3) is 6.83. The van der Waals surface area contributed by atoms with Crippen molar-refractivity contribution in [2.45, 2.75) is 31.6 Å². The number of rotatable bonds is 10. The van der Waals surface area contributed by atoms with Gasteiger partial charge in [-0.1, -0.05) is 39.8 Å². The first-order valence-electron chi connectivity index (χ1n) is 9.98. The number of carbonyl (C=O) groups excluding carboxylic acids is 2. The lowest BCUT2D eigenvalue weighted by molar-refractivity contribution is -0.120. The SMILES string of the molecule is CCn1c(CNC(=O)Cc2ccc(OC)cc2)nnc1SCC(=O)Nc1ccc(Br)cc1. The van der Waals surface area contributed by atoms with Crippen LogP contribution in [-0.4, -0.2) is 39.4 Å². The molecular formula is C22H24BrN5O3S. The second kappa shape index (κ2) is 11.7. The van der Waals surface area contributed by atoms with Crippen molar-refractivity contribution in [1.82, 2.24) is 20.1 Å². The highest BCUT2D eigenvalue weighted by molar-refractivity contribution is 9.10. The van der Waals surface area contributed by atoms with Crippen LogP contribution in [0.25, 0.3) is 0 Å². The molecule has 1 heterocycles. The number of hydrogen-bond acceptors (Lipinski definition) is 6. The molecule has 0 atom stereocenters. The molecule has 1 aromatic heterocycles. The van der Waals surface area contributed by atoms with E-state index in [0.717, 1.165) is 21.5 Å². The summed E-state index contributed by atoms with van der Waals surface area (Å²) < 4.78 is 7.97. The Hall–Kier alpha value is -2.85. The molecule has 2 aromatic carbocycles. The van der Waals surface area contributed by atoms with Gasteiger partial charge in [-0.3, -0.25) is 9.59 Å². The van der Waals surface area contributed by atoms with Gasteiger partial charge in [0.15, 0.2) is 11.0 Å². The summed E-state index contributed by atoms with van der Waals surface area (Å²) in [6.45, 7) is 2.87. The van der Waals surface area contributed by atoms with E-state index >= 15 is 0 Å².